The summed E-state index contributed by atoms with van der Waals surface area (Å²) >= 11 is 0. The number of carbonyl (C=O) groups is 1. The number of halogens is 1. The smallest absolute Gasteiger partial charge is 0.315 e. The molecule has 0 radical (unpaired) electrons. The molecule has 17 heavy (non-hydrogen) atoms. The number of benzene rings is 1. The third-order valence-corrected chi connectivity index (χ3v) is 2.62. The minimum atomic E-state index is -0.558. The van der Waals surface area contributed by atoms with Crippen LogP contribution < -0.4 is 15.4 Å². The molecule has 0 aromatic heterocycles. The summed E-state index contributed by atoms with van der Waals surface area (Å²) in [7, 11) is 0. The number of rotatable bonds is 4. The highest BCUT2D eigenvalue weighted by atomic mass is 19.1. The van der Waals surface area contributed by atoms with Gasteiger partial charge in [-0.1, -0.05) is 18.2 Å². The maximum atomic E-state index is 11.8. The van der Waals surface area contributed by atoms with Crippen LogP contribution in [0.2, 0.25) is 0 Å². The molecule has 0 atom stereocenters. The fourth-order valence-electron chi connectivity index (χ4n) is 1.82. The van der Waals surface area contributed by atoms with Crippen molar-refractivity contribution in [3.63, 3.8) is 0 Å². The van der Waals surface area contributed by atoms with Gasteiger partial charge < -0.3 is 15.4 Å². The standard InChI is InChI=1S/C12H15FN2O2/c13-5-6-14-12(16)15-8-10-3-1-2-9-4-7-17-11(9)10/h1-3H,4-8H2,(H2,14,15,16). The Labute approximate surface area is 99.2 Å². The van der Waals surface area contributed by atoms with Crippen LogP contribution in [0.15, 0.2) is 18.2 Å². The van der Waals surface area contributed by atoms with E-state index in [-0.39, 0.29) is 12.6 Å². The SMILES string of the molecule is O=C(NCCF)NCc1cccc2c1OCC2. The van der Waals surface area contributed by atoms with Crippen molar-refractivity contribution in [2.24, 2.45) is 0 Å². The van der Waals surface area contributed by atoms with Crippen molar-refractivity contribution in [2.45, 2.75) is 13.0 Å². The van der Waals surface area contributed by atoms with Crippen LogP contribution in [-0.4, -0.2) is 25.9 Å². The van der Waals surface area contributed by atoms with E-state index >= 15 is 0 Å². The molecule has 1 aromatic rings. The number of hydrogen-bond acceptors (Lipinski definition) is 2. The molecule has 0 bridgehead atoms. The molecule has 0 saturated heterocycles. The number of urea groups is 1. The number of ether oxygens (including phenoxy) is 1. The number of amides is 2. The fraction of sp³-hybridized carbons (Fsp3) is 0.417. The highest BCUT2D eigenvalue weighted by Crippen LogP contribution is 2.29. The molecule has 0 unspecified atom stereocenters. The second kappa shape index (κ2) is 5.52. The summed E-state index contributed by atoms with van der Waals surface area (Å²) < 4.78 is 17.3. The lowest BCUT2D eigenvalue weighted by Crippen LogP contribution is -2.36. The van der Waals surface area contributed by atoms with Gasteiger partial charge in [0.2, 0.25) is 0 Å². The van der Waals surface area contributed by atoms with Crippen LogP contribution in [0.4, 0.5) is 9.18 Å². The molecule has 1 aliphatic rings. The van der Waals surface area contributed by atoms with E-state index in [2.05, 4.69) is 10.6 Å². The number of hydrogen-bond donors (Lipinski definition) is 2. The molecule has 1 aromatic carbocycles. The minimum absolute atomic E-state index is 0.0369. The van der Waals surface area contributed by atoms with Crippen LogP contribution >= 0.6 is 0 Å². The monoisotopic (exact) mass is 238 g/mol. The first kappa shape index (κ1) is 11.7. The van der Waals surface area contributed by atoms with Gasteiger partial charge in [0, 0.05) is 25.1 Å². The molecule has 1 aliphatic heterocycles. The summed E-state index contributed by atoms with van der Waals surface area (Å²) in [6, 6.07) is 5.52. The Morgan fingerprint density at radius 3 is 3.12 bits per heavy atom. The number of fused-ring (bicyclic) bond motifs is 1. The predicted octanol–water partition coefficient (Wildman–Crippen LogP) is 1.39. The maximum Gasteiger partial charge on any atom is 0.315 e. The first-order valence-corrected chi connectivity index (χ1v) is 5.62. The number of para-hydroxylation sites is 1. The molecule has 92 valence electrons. The van der Waals surface area contributed by atoms with Crippen molar-refractivity contribution in [1.82, 2.24) is 10.6 Å². The van der Waals surface area contributed by atoms with Gasteiger partial charge in [0.15, 0.2) is 0 Å². The Bertz CT molecular complexity index is 409. The van der Waals surface area contributed by atoms with Crippen LogP contribution in [0.1, 0.15) is 11.1 Å². The largest absolute Gasteiger partial charge is 0.493 e. The van der Waals surface area contributed by atoms with Gasteiger partial charge in [-0.2, -0.15) is 0 Å². The first-order valence-electron chi connectivity index (χ1n) is 5.62. The summed E-state index contributed by atoms with van der Waals surface area (Å²) in [5, 5.41) is 5.07. The van der Waals surface area contributed by atoms with Crippen molar-refractivity contribution >= 4 is 6.03 Å². The Kier molecular flexibility index (Phi) is 3.80. The molecule has 0 saturated carbocycles. The zero-order valence-electron chi connectivity index (χ0n) is 9.46. The number of nitrogens with one attached hydrogen (secondary N) is 2. The molecule has 0 aliphatic carbocycles. The zero-order chi connectivity index (χ0) is 12.1. The fourth-order valence-corrected chi connectivity index (χ4v) is 1.82. The van der Waals surface area contributed by atoms with Gasteiger partial charge in [0.05, 0.1) is 6.61 Å². The second-order valence-electron chi connectivity index (χ2n) is 3.80. The van der Waals surface area contributed by atoms with E-state index in [0.29, 0.717) is 13.2 Å². The van der Waals surface area contributed by atoms with Crippen LogP contribution in [0.5, 0.6) is 5.75 Å². The minimum Gasteiger partial charge on any atom is -0.493 e. The van der Waals surface area contributed by atoms with E-state index in [4.69, 9.17) is 4.74 Å². The van der Waals surface area contributed by atoms with Crippen molar-refractivity contribution in [3.8, 4) is 5.75 Å². The molecule has 0 spiro atoms. The van der Waals surface area contributed by atoms with Crippen LogP contribution in [-0.2, 0) is 13.0 Å². The molecule has 5 heteroatoms. The van der Waals surface area contributed by atoms with Gasteiger partial charge in [-0.25, -0.2) is 9.18 Å². The van der Waals surface area contributed by atoms with Crippen molar-refractivity contribution in [1.29, 1.82) is 0 Å². The van der Waals surface area contributed by atoms with Crippen molar-refractivity contribution in [3.05, 3.63) is 29.3 Å². The summed E-state index contributed by atoms with van der Waals surface area (Å²) in [5.74, 6) is 0.873. The van der Waals surface area contributed by atoms with Gasteiger partial charge in [-0.15, -0.1) is 0 Å². The molecule has 1 heterocycles. The topological polar surface area (TPSA) is 50.4 Å². The predicted molar refractivity (Wildman–Crippen MR) is 61.9 cm³/mol. The average Bonchev–Trinajstić information content (AvgIpc) is 2.82. The lowest BCUT2D eigenvalue weighted by Gasteiger charge is -2.09. The van der Waals surface area contributed by atoms with Crippen LogP contribution in [0.3, 0.4) is 0 Å². The zero-order valence-corrected chi connectivity index (χ0v) is 9.46. The second-order valence-corrected chi connectivity index (χ2v) is 3.80. The molecule has 0 fully saturated rings. The third kappa shape index (κ3) is 2.87. The van der Waals surface area contributed by atoms with E-state index in [9.17, 15) is 9.18 Å². The highest BCUT2D eigenvalue weighted by Gasteiger charge is 2.15. The van der Waals surface area contributed by atoms with Gasteiger partial charge in [0.25, 0.3) is 0 Å². The van der Waals surface area contributed by atoms with E-state index in [1.807, 2.05) is 18.2 Å². The number of alkyl halides is 1. The van der Waals surface area contributed by atoms with Gasteiger partial charge in [-0.05, 0) is 5.56 Å². The lowest BCUT2D eigenvalue weighted by molar-refractivity contribution is 0.239. The van der Waals surface area contributed by atoms with Crippen LogP contribution in [0, 0.1) is 0 Å². The summed E-state index contributed by atoms with van der Waals surface area (Å²) in [6.07, 6.45) is 0.914. The molecule has 2 rings (SSSR count). The van der Waals surface area contributed by atoms with Crippen molar-refractivity contribution in [2.75, 3.05) is 19.8 Å². The Hall–Kier alpha value is -1.78. The molecule has 2 amide bonds. The highest BCUT2D eigenvalue weighted by molar-refractivity contribution is 5.73. The van der Waals surface area contributed by atoms with Crippen molar-refractivity contribution < 1.29 is 13.9 Å². The Morgan fingerprint density at radius 2 is 2.29 bits per heavy atom. The van der Waals surface area contributed by atoms with Gasteiger partial charge in [0.1, 0.15) is 12.4 Å². The van der Waals surface area contributed by atoms with E-state index in [1.165, 1.54) is 5.56 Å². The lowest BCUT2D eigenvalue weighted by atomic mass is 10.1. The van der Waals surface area contributed by atoms with E-state index in [0.717, 1.165) is 17.7 Å². The van der Waals surface area contributed by atoms with E-state index < -0.39 is 6.67 Å². The molecule has 4 nitrogen and oxygen atoms in total. The normalized spacial score (nSPS) is 12.8. The molecular weight excluding hydrogens is 223 g/mol. The molecular formula is C12H15FN2O2. The quantitative estimate of drug-likeness (QED) is 0.832. The summed E-state index contributed by atoms with van der Waals surface area (Å²) in [4.78, 5) is 11.2. The maximum absolute atomic E-state index is 11.8. The third-order valence-electron chi connectivity index (χ3n) is 2.62. The average molecular weight is 238 g/mol. The van der Waals surface area contributed by atoms with Gasteiger partial charge >= 0.3 is 6.03 Å². The van der Waals surface area contributed by atoms with Crippen LogP contribution in [0.25, 0.3) is 0 Å². The molecule has 2 N–H and O–H groups in total. The Balaban J connectivity index is 1.91. The Morgan fingerprint density at radius 1 is 1.41 bits per heavy atom. The first-order chi connectivity index (χ1) is 8.31. The summed E-state index contributed by atoms with van der Waals surface area (Å²) in [6.45, 7) is 0.564. The summed E-state index contributed by atoms with van der Waals surface area (Å²) in [5.41, 5.74) is 2.13. The number of carbonyl (C=O) groups excluding carboxylic acids is 1. The van der Waals surface area contributed by atoms with Gasteiger partial charge in [-0.3, -0.25) is 0 Å². The van der Waals surface area contributed by atoms with E-state index in [1.54, 1.807) is 0 Å².